The largest absolute Gasteiger partial charge is 0.494 e. The Balaban J connectivity index is 1.37. The van der Waals surface area contributed by atoms with Crippen molar-refractivity contribution in [2.24, 2.45) is 0 Å². The van der Waals surface area contributed by atoms with E-state index in [1.165, 1.54) is 11.1 Å². The summed E-state index contributed by atoms with van der Waals surface area (Å²) < 4.78 is 17.9. The van der Waals surface area contributed by atoms with E-state index in [0.717, 1.165) is 34.2 Å². The number of rotatable bonds is 13. The van der Waals surface area contributed by atoms with Crippen molar-refractivity contribution in [3.8, 4) is 11.8 Å². The molecule has 0 fully saturated rings. The molecule has 4 aromatic carbocycles. The van der Waals surface area contributed by atoms with Crippen LogP contribution in [0, 0.1) is 11.3 Å². The average Bonchev–Trinajstić information content (AvgIpc) is 3.49. The van der Waals surface area contributed by atoms with Gasteiger partial charge in [-0.25, -0.2) is 9.13 Å². The van der Waals surface area contributed by atoms with Crippen LogP contribution < -0.4 is 9.30 Å². The topological polar surface area (TPSA) is 51.1 Å². The molecule has 0 amide bonds. The van der Waals surface area contributed by atoms with Gasteiger partial charge >= 0.3 is 0 Å². The summed E-state index contributed by atoms with van der Waals surface area (Å²) >= 11 is 3.57. The number of halogens is 1. The fourth-order valence-corrected chi connectivity index (χ4v) is 5.26. The molecule has 5 nitrogen and oxygen atoms in total. The number of ether oxygens (including phenoxy) is 2. The van der Waals surface area contributed by atoms with Crippen molar-refractivity contribution in [3.63, 3.8) is 0 Å². The highest BCUT2D eigenvalue weighted by Crippen LogP contribution is 2.28. The van der Waals surface area contributed by atoms with Crippen molar-refractivity contribution >= 4 is 15.9 Å². The molecule has 0 radical (unpaired) electrons. The summed E-state index contributed by atoms with van der Waals surface area (Å²) in [5, 5.41) is 9.10. The first-order valence-corrected chi connectivity index (χ1v) is 15.1. The first-order valence-electron chi connectivity index (χ1n) is 14.3. The quantitative estimate of drug-likeness (QED) is 0.126. The second-order valence-corrected chi connectivity index (χ2v) is 11.2. The normalized spacial score (nSPS) is 12.4. The fourth-order valence-electron chi connectivity index (χ4n) is 5.00. The molecule has 0 aliphatic carbocycles. The van der Waals surface area contributed by atoms with Crippen LogP contribution in [0.15, 0.2) is 126 Å². The van der Waals surface area contributed by atoms with Gasteiger partial charge in [0, 0.05) is 15.6 Å². The smallest absolute Gasteiger partial charge is 0.244 e. The lowest BCUT2D eigenvalue weighted by Gasteiger charge is -2.18. The predicted molar refractivity (Wildman–Crippen MR) is 168 cm³/mol. The fraction of sp³-hybridized carbons (Fsp3) is 0.222. The third-order valence-corrected chi connectivity index (χ3v) is 7.73. The molecule has 1 aromatic heterocycles. The maximum absolute atomic E-state index is 9.10. The SMILES string of the molecule is CCCOc1ccc(C(C[n+]2ccn(C(c3ccccc3)c3ccc(Br)cc3)c2)OCCc2ccc(C#N)cc2)cc1. The Morgan fingerprint density at radius 3 is 2.21 bits per heavy atom. The highest BCUT2D eigenvalue weighted by atomic mass is 79.9. The third kappa shape index (κ3) is 7.76. The average molecular weight is 622 g/mol. The van der Waals surface area contributed by atoms with E-state index in [0.29, 0.717) is 25.3 Å². The minimum Gasteiger partial charge on any atom is -0.494 e. The van der Waals surface area contributed by atoms with E-state index in [2.05, 4.69) is 124 Å². The minimum absolute atomic E-state index is 0.0475. The highest BCUT2D eigenvalue weighted by Gasteiger charge is 2.23. The Kier molecular flexibility index (Phi) is 10.2. The molecule has 212 valence electrons. The van der Waals surface area contributed by atoms with Crippen molar-refractivity contribution < 1.29 is 14.0 Å². The molecule has 0 saturated carbocycles. The second-order valence-electron chi connectivity index (χ2n) is 10.3. The van der Waals surface area contributed by atoms with Crippen LogP contribution in [0.4, 0.5) is 0 Å². The van der Waals surface area contributed by atoms with Gasteiger partial charge in [0.25, 0.3) is 0 Å². The number of nitrogens with zero attached hydrogens (tertiary/aromatic N) is 3. The van der Waals surface area contributed by atoms with Crippen LogP contribution in [0.3, 0.4) is 0 Å². The number of nitriles is 1. The summed E-state index contributed by atoms with van der Waals surface area (Å²) in [6.45, 7) is 4.04. The minimum atomic E-state index is -0.146. The van der Waals surface area contributed by atoms with Gasteiger partial charge in [-0.2, -0.15) is 5.26 Å². The monoisotopic (exact) mass is 620 g/mol. The van der Waals surface area contributed by atoms with E-state index >= 15 is 0 Å². The zero-order valence-electron chi connectivity index (χ0n) is 23.8. The van der Waals surface area contributed by atoms with Crippen molar-refractivity contribution in [2.45, 2.75) is 38.5 Å². The maximum atomic E-state index is 9.10. The lowest BCUT2D eigenvalue weighted by molar-refractivity contribution is -0.704. The van der Waals surface area contributed by atoms with Crippen molar-refractivity contribution in [3.05, 3.63) is 154 Å². The predicted octanol–water partition coefficient (Wildman–Crippen LogP) is 7.84. The molecule has 0 aliphatic rings. The summed E-state index contributed by atoms with van der Waals surface area (Å²) in [5.74, 6) is 0.871. The zero-order valence-corrected chi connectivity index (χ0v) is 25.4. The van der Waals surface area contributed by atoms with Crippen molar-refractivity contribution in [1.29, 1.82) is 5.26 Å². The van der Waals surface area contributed by atoms with Gasteiger partial charge in [0.05, 0.1) is 24.8 Å². The number of imidazole rings is 1. The van der Waals surface area contributed by atoms with Crippen molar-refractivity contribution in [2.75, 3.05) is 13.2 Å². The molecular formula is C36H35BrN3O2+. The van der Waals surface area contributed by atoms with Crippen LogP contribution in [0.2, 0.25) is 0 Å². The van der Waals surface area contributed by atoms with Gasteiger partial charge in [0.2, 0.25) is 6.33 Å². The first kappa shape index (κ1) is 29.3. The van der Waals surface area contributed by atoms with E-state index in [1.54, 1.807) is 0 Å². The molecule has 0 saturated heterocycles. The van der Waals surface area contributed by atoms with Gasteiger partial charge in [0.1, 0.15) is 30.8 Å². The van der Waals surface area contributed by atoms with Crippen LogP contribution in [0.25, 0.3) is 0 Å². The van der Waals surface area contributed by atoms with Gasteiger partial charge in [0.15, 0.2) is 6.04 Å². The molecule has 0 N–H and O–H groups in total. The number of hydrogen-bond acceptors (Lipinski definition) is 3. The Morgan fingerprint density at radius 2 is 1.52 bits per heavy atom. The van der Waals surface area contributed by atoms with Crippen LogP contribution in [-0.4, -0.2) is 17.8 Å². The van der Waals surface area contributed by atoms with Gasteiger partial charge in [-0.15, -0.1) is 0 Å². The highest BCUT2D eigenvalue weighted by molar-refractivity contribution is 9.10. The molecule has 1 heterocycles. The maximum Gasteiger partial charge on any atom is 0.244 e. The standard InChI is InChI=1S/C36H35BrN3O2/c1-2-23-41-34-18-14-30(15-19-34)35(42-24-20-28-8-10-29(25-38)11-9-28)26-39-21-22-40(27-39)36(31-6-4-3-5-7-31)32-12-16-33(37)17-13-32/h3-19,21-22,27,35-36H,2,20,23-24,26H2,1H3/q+1. The molecule has 0 spiro atoms. The molecule has 5 aromatic rings. The number of aromatic nitrogens is 2. The Labute approximate surface area is 256 Å². The van der Waals surface area contributed by atoms with E-state index in [4.69, 9.17) is 14.7 Å². The molecule has 0 aliphatic heterocycles. The number of benzene rings is 4. The first-order chi connectivity index (χ1) is 20.6. The van der Waals surface area contributed by atoms with E-state index < -0.39 is 0 Å². The van der Waals surface area contributed by atoms with Gasteiger partial charge in [-0.1, -0.05) is 89.6 Å². The summed E-state index contributed by atoms with van der Waals surface area (Å²) in [6, 6.07) is 37.3. The van der Waals surface area contributed by atoms with E-state index in [9.17, 15) is 0 Å². The molecule has 5 rings (SSSR count). The van der Waals surface area contributed by atoms with E-state index in [-0.39, 0.29) is 12.1 Å². The lowest BCUT2D eigenvalue weighted by atomic mass is 9.99. The Morgan fingerprint density at radius 1 is 0.833 bits per heavy atom. The Bertz CT molecular complexity index is 1570. The number of hydrogen-bond donors (Lipinski definition) is 0. The zero-order chi connectivity index (χ0) is 29.1. The van der Waals surface area contributed by atoms with Crippen molar-refractivity contribution in [1.82, 2.24) is 4.57 Å². The molecular weight excluding hydrogens is 586 g/mol. The summed E-state index contributed by atoms with van der Waals surface area (Å²) in [7, 11) is 0. The second kappa shape index (κ2) is 14.6. The molecule has 6 heteroatoms. The van der Waals surface area contributed by atoms with Gasteiger partial charge in [-0.3, -0.25) is 0 Å². The molecule has 2 unspecified atom stereocenters. The summed E-state index contributed by atoms with van der Waals surface area (Å²) in [5.41, 5.74) is 5.35. The van der Waals surface area contributed by atoms with Crippen LogP contribution in [0.5, 0.6) is 5.75 Å². The van der Waals surface area contributed by atoms with Crippen LogP contribution >= 0.6 is 15.9 Å². The molecule has 42 heavy (non-hydrogen) atoms. The summed E-state index contributed by atoms with van der Waals surface area (Å²) in [6.07, 6.45) is 8.01. The lowest BCUT2D eigenvalue weighted by Crippen LogP contribution is -2.36. The van der Waals surface area contributed by atoms with Gasteiger partial charge in [-0.05, 0) is 60.4 Å². The van der Waals surface area contributed by atoms with Crippen LogP contribution in [-0.2, 0) is 17.7 Å². The van der Waals surface area contributed by atoms with Crippen LogP contribution in [0.1, 0.15) is 53.3 Å². The van der Waals surface area contributed by atoms with Gasteiger partial charge < -0.3 is 9.47 Å². The molecule has 2 atom stereocenters. The Hall–Kier alpha value is -4.18. The third-order valence-electron chi connectivity index (χ3n) is 7.21. The molecule has 0 bridgehead atoms. The summed E-state index contributed by atoms with van der Waals surface area (Å²) in [4.78, 5) is 0. The van der Waals surface area contributed by atoms with E-state index in [1.807, 2.05) is 36.4 Å².